The third kappa shape index (κ3) is 5.60. The molecule has 0 spiro atoms. The topological polar surface area (TPSA) is 93.8 Å². The van der Waals surface area contributed by atoms with E-state index in [1.807, 2.05) is 24.3 Å². The quantitative estimate of drug-likeness (QED) is 0.526. The van der Waals surface area contributed by atoms with Gasteiger partial charge >= 0.3 is 0 Å². The molecule has 2 aromatic heterocycles. The Balaban J connectivity index is 1.33. The van der Waals surface area contributed by atoms with Gasteiger partial charge in [0.15, 0.2) is 0 Å². The van der Waals surface area contributed by atoms with E-state index in [2.05, 4.69) is 34.3 Å². The number of rotatable bonds is 8. The molecule has 1 amide bonds. The number of aromatic nitrogens is 4. The Kier molecular flexibility index (Phi) is 7.08. The first-order valence-electron chi connectivity index (χ1n) is 11.5. The second-order valence-electron chi connectivity index (χ2n) is 9.09. The first-order valence-corrected chi connectivity index (χ1v) is 11.5. The molecule has 1 aromatic carbocycles. The molecule has 1 saturated heterocycles. The Morgan fingerprint density at radius 3 is 2.61 bits per heavy atom. The Bertz CT molecular complexity index is 1140. The predicted octanol–water partition coefficient (Wildman–Crippen LogP) is 2.05. The van der Waals surface area contributed by atoms with Crippen molar-refractivity contribution in [3.8, 4) is 17.0 Å². The molecule has 3 heterocycles. The number of benzene rings is 1. The molecule has 9 heteroatoms. The minimum atomic E-state index is -0.351. The molecule has 33 heavy (non-hydrogen) atoms. The number of piperidine rings is 1. The highest BCUT2D eigenvalue weighted by atomic mass is 16.5. The van der Waals surface area contributed by atoms with Gasteiger partial charge in [-0.05, 0) is 61.6 Å². The lowest BCUT2D eigenvalue weighted by Crippen LogP contribution is -2.40. The fourth-order valence-electron chi connectivity index (χ4n) is 4.65. The molecule has 1 fully saturated rings. The number of hydrogen-bond acceptors (Lipinski definition) is 6. The average molecular weight is 453 g/mol. The van der Waals surface area contributed by atoms with Gasteiger partial charge in [-0.2, -0.15) is 10.2 Å². The average Bonchev–Trinajstić information content (AvgIpc) is 3.23. The van der Waals surface area contributed by atoms with Gasteiger partial charge in [0, 0.05) is 25.2 Å². The first-order chi connectivity index (χ1) is 15.9. The molecule has 9 nitrogen and oxygen atoms in total. The van der Waals surface area contributed by atoms with Crippen LogP contribution in [0.2, 0.25) is 0 Å². The van der Waals surface area contributed by atoms with Crippen LogP contribution in [0.15, 0.2) is 41.5 Å². The zero-order chi connectivity index (χ0) is 23.4. The van der Waals surface area contributed by atoms with Crippen molar-refractivity contribution >= 4 is 11.4 Å². The Labute approximate surface area is 193 Å². The number of methoxy groups -OCH3 is 1. The number of hydrogen-bond donors (Lipinski definition) is 1. The monoisotopic (exact) mass is 452 g/mol. The third-order valence-corrected chi connectivity index (χ3v) is 6.09. The molecule has 1 aliphatic rings. The normalized spacial score (nSPS) is 19.0. The summed E-state index contributed by atoms with van der Waals surface area (Å²) in [5, 5.41) is 11.5. The fourth-order valence-corrected chi connectivity index (χ4v) is 4.65. The van der Waals surface area contributed by atoms with Crippen LogP contribution in [0.1, 0.15) is 26.7 Å². The van der Waals surface area contributed by atoms with Gasteiger partial charge in [0.2, 0.25) is 5.91 Å². The fraction of sp³-hybridized carbons (Fsp3) is 0.500. The van der Waals surface area contributed by atoms with Crippen LogP contribution in [0.4, 0.5) is 0 Å². The minimum Gasteiger partial charge on any atom is -0.497 e. The number of carbonyl (C=O) groups excluding carboxylic acids is 1. The van der Waals surface area contributed by atoms with Gasteiger partial charge in [0.1, 0.15) is 24.1 Å². The van der Waals surface area contributed by atoms with Crippen LogP contribution in [-0.4, -0.2) is 63.5 Å². The van der Waals surface area contributed by atoms with Crippen molar-refractivity contribution in [2.75, 3.05) is 33.3 Å². The van der Waals surface area contributed by atoms with Crippen molar-refractivity contribution in [2.45, 2.75) is 33.2 Å². The minimum absolute atomic E-state index is 0.115. The molecule has 1 N–H and O–H groups in total. The number of nitrogens with one attached hydrogen (secondary N) is 1. The number of amides is 1. The van der Waals surface area contributed by atoms with Gasteiger partial charge < -0.3 is 15.0 Å². The van der Waals surface area contributed by atoms with Crippen molar-refractivity contribution in [3.05, 3.63) is 47.0 Å². The molecule has 0 unspecified atom stereocenters. The highest BCUT2D eigenvalue weighted by Crippen LogP contribution is 2.22. The van der Waals surface area contributed by atoms with Crippen LogP contribution in [0.5, 0.6) is 5.75 Å². The maximum Gasteiger partial charge on any atom is 0.293 e. The van der Waals surface area contributed by atoms with E-state index < -0.39 is 0 Å². The predicted molar refractivity (Wildman–Crippen MR) is 126 cm³/mol. The van der Waals surface area contributed by atoms with E-state index in [0.717, 1.165) is 49.2 Å². The van der Waals surface area contributed by atoms with Crippen LogP contribution < -0.4 is 15.6 Å². The summed E-state index contributed by atoms with van der Waals surface area (Å²) in [6.45, 7) is 8.30. The largest absolute Gasteiger partial charge is 0.497 e. The summed E-state index contributed by atoms with van der Waals surface area (Å²) in [6.07, 6.45) is 3.63. The summed E-state index contributed by atoms with van der Waals surface area (Å²) in [5.41, 5.74) is 1.54. The second-order valence-corrected chi connectivity index (χ2v) is 9.09. The summed E-state index contributed by atoms with van der Waals surface area (Å²) in [4.78, 5) is 27.7. The summed E-state index contributed by atoms with van der Waals surface area (Å²) < 4.78 is 7.80. The molecule has 176 valence electrons. The van der Waals surface area contributed by atoms with Crippen LogP contribution >= 0.6 is 0 Å². The number of fused-ring (bicyclic) bond motifs is 1. The lowest BCUT2D eigenvalue weighted by atomic mass is 9.92. The third-order valence-electron chi connectivity index (χ3n) is 6.09. The number of carbonyl (C=O) groups is 1. The van der Waals surface area contributed by atoms with Crippen molar-refractivity contribution in [3.63, 3.8) is 0 Å². The van der Waals surface area contributed by atoms with E-state index in [4.69, 9.17) is 4.74 Å². The second kappa shape index (κ2) is 10.2. The van der Waals surface area contributed by atoms with E-state index in [0.29, 0.717) is 17.8 Å². The van der Waals surface area contributed by atoms with E-state index in [9.17, 15) is 9.59 Å². The summed E-state index contributed by atoms with van der Waals surface area (Å²) in [7, 11) is 1.61. The Morgan fingerprint density at radius 2 is 1.91 bits per heavy atom. The van der Waals surface area contributed by atoms with E-state index in [-0.39, 0.29) is 18.0 Å². The zero-order valence-corrected chi connectivity index (χ0v) is 19.5. The van der Waals surface area contributed by atoms with E-state index in [1.54, 1.807) is 13.2 Å². The highest BCUT2D eigenvalue weighted by molar-refractivity contribution is 5.75. The van der Waals surface area contributed by atoms with Gasteiger partial charge in [-0.25, -0.2) is 9.20 Å². The molecular weight excluding hydrogens is 420 g/mol. The lowest BCUT2D eigenvalue weighted by molar-refractivity contribution is -0.121. The molecule has 0 radical (unpaired) electrons. The van der Waals surface area contributed by atoms with Gasteiger partial charge in [0.25, 0.3) is 5.56 Å². The van der Waals surface area contributed by atoms with Crippen LogP contribution in [0.3, 0.4) is 0 Å². The van der Waals surface area contributed by atoms with Crippen molar-refractivity contribution in [2.24, 2.45) is 11.8 Å². The van der Waals surface area contributed by atoms with Crippen LogP contribution in [0.25, 0.3) is 16.8 Å². The van der Waals surface area contributed by atoms with Crippen molar-refractivity contribution in [1.29, 1.82) is 0 Å². The Hall–Kier alpha value is -3.20. The number of likely N-dealkylation sites (tertiary alicyclic amines) is 1. The van der Waals surface area contributed by atoms with Gasteiger partial charge in [0.05, 0.1) is 12.8 Å². The SMILES string of the molecule is COc1ccc(-c2cc3c(=O)n(CC(=O)NCCCN4C[C@H](C)C[C@@H](C)C4)ncn3n2)cc1. The molecule has 3 aromatic rings. The molecule has 2 atom stereocenters. The van der Waals surface area contributed by atoms with Gasteiger partial charge in [-0.15, -0.1) is 0 Å². The lowest BCUT2D eigenvalue weighted by Gasteiger charge is -2.34. The standard InChI is InChI=1S/C24H32N6O3/c1-17-11-18(2)14-28(13-17)10-4-9-25-23(31)15-29-24(32)22-12-21(27-30(22)16-26-29)19-5-7-20(33-3)8-6-19/h5-8,12,16-18H,4,9-11,13-15H2,1-3H3,(H,25,31)/t17-,18-/m1/s1. The summed E-state index contributed by atoms with van der Waals surface area (Å²) >= 11 is 0. The molecule has 4 rings (SSSR count). The van der Waals surface area contributed by atoms with Crippen molar-refractivity contribution < 1.29 is 9.53 Å². The molecule has 1 aliphatic heterocycles. The maximum absolute atomic E-state index is 12.8. The zero-order valence-electron chi connectivity index (χ0n) is 19.5. The molecule has 0 bridgehead atoms. The van der Waals surface area contributed by atoms with E-state index in [1.165, 1.54) is 21.9 Å². The molecular formula is C24H32N6O3. The number of ether oxygens (including phenoxy) is 1. The van der Waals surface area contributed by atoms with Crippen LogP contribution in [-0.2, 0) is 11.3 Å². The highest BCUT2D eigenvalue weighted by Gasteiger charge is 2.21. The summed E-state index contributed by atoms with van der Waals surface area (Å²) in [6, 6.07) is 9.15. The maximum atomic E-state index is 12.8. The first kappa shape index (κ1) is 23.0. The van der Waals surface area contributed by atoms with Gasteiger partial charge in [-0.3, -0.25) is 9.59 Å². The molecule has 0 aliphatic carbocycles. The number of nitrogens with zero attached hydrogens (tertiary/aromatic N) is 5. The smallest absolute Gasteiger partial charge is 0.293 e. The Morgan fingerprint density at radius 1 is 1.18 bits per heavy atom. The summed E-state index contributed by atoms with van der Waals surface area (Å²) in [5.74, 6) is 1.98. The molecule has 0 saturated carbocycles. The van der Waals surface area contributed by atoms with Crippen molar-refractivity contribution in [1.82, 2.24) is 29.6 Å². The van der Waals surface area contributed by atoms with Crippen LogP contribution in [0, 0.1) is 11.8 Å². The van der Waals surface area contributed by atoms with E-state index >= 15 is 0 Å². The van der Waals surface area contributed by atoms with Gasteiger partial charge in [-0.1, -0.05) is 13.8 Å².